The average Bonchev–Trinajstić information content (AvgIpc) is 2.21. The van der Waals surface area contributed by atoms with E-state index in [1.807, 2.05) is 0 Å². The number of alkyl halides is 4. The van der Waals surface area contributed by atoms with Crippen molar-refractivity contribution in [2.75, 3.05) is 13.1 Å². The molecule has 0 bridgehead atoms. The van der Waals surface area contributed by atoms with E-state index >= 15 is 0 Å². The summed E-state index contributed by atoms with van der Waals surface area (Å²) >= 11 is 0. The minimum Gasteiger partial charge on any atom is -0.343 e. The molecule has 2 amide bonds. The zero-order valence-corrected chi connectivity index (χ0v) is 9.92. The molecule has 1 N–H and O–H groups in total. The maximum atomic E-state index is 12.9. The summed E-state index contributed by atoms with van der Waals surface area (Å²) in [4.78, 5) is 23.5. The standard InChI is InChI=1S/C10H14F4N2O2/c1-5(2)7-8(18)16(3-6(17)15-7)4-10(13,14)9(11)12/h5,7,9H,3-4H2,1-2H3,(H,15,17). The van der Waals surface area contributed by atoms with Crippen LogP contribution in [0, 0.1) is 5.92 Å². The summed E-state index contributed by atoms with van der Waals surface area (Å²) in [6.45, 7) is 1.18. The number of nitrogens with one attached hydrogen (secondary N) is 1. The van der Waals surface area contributed by atoms with E-state index in [0.717, 1.165) is 0 Å². The second-order valence-electron chi connectivity index (χ2n) is 4.55. The molecule has 1 atom stereocenters. The van der Waals surface area contributed by atoms with Gasteiger partial charge in [0.15, 0.2) is 0 Å². The molecular formula is C10H14F4N2O2. The summed E-state index contributed by atoms with van der Waals surface area (Å²) in [5.74, 6) is -6.00. The summed E-state index contributed by atoms with van der Waals surface area (Å²) in [6, 6.07) is -0.945. The van der Waals surface area contributed by atoms with Gasteiger partial charge in [-0.3, -0.25) is 9.59 Å². The number of piperazine rings is 1. The van der Waals surface area contributed by atoms with Crippen LogP contribution in [0.1, 0.15) is 13.8 Å². The Morgan fingerprint density at radius 1 is 1.39 bits per heavy atom. The van der Waals surface area contributed by atoms with Gasteiger partial charge in [-0.15, -0.1) is 0 Å². The normalized spacial score (nSPS) is 21.8. The predicted octanol–water partition coefficient (Wildman–Crippen LogP) is 0.870. The van der Waals surface area contributed by atoms with Crippen molar-refractivity contribution >= 4 is 11.8 Å². The molecule has 4 nitrogen and oxygen atoms in total. The van der Waals surface area contributed by atoms with Crippen molar-refractivity contribution in [1.29, 1.82) is 0 Å². The molecule has 18 heavy (non-hydrogen) atoms. The Hall–Kier alpha value is -1.34. The maximum Gasteiger partial charge on any atom is 0.324 e. The quantitative estimate of drug-likeness (QED) is 0.771. The van der Waals surface area contributed by atoms with E-state index in [2.05, 4.69) is 5.32 Å². The summed E-state index contributed by atoms with van der Waals surface area (Å²) in [5, 5.41) is 2.35. The van der Waals surface area contributed by atoms with E-state index < -0.39 is 43.3 Å². The van der Waals surface area contributed by atoms with Gasteiger partial charge >= 0.3 is 12.3 Å². The number of carbonyl (C=O) groups excluding carboxylic acids is 2. The van der Waals surface area contributed by atoms with Crippen LogP contribution in [0.25, 0.3) is 0 Å². The Morgan fingerprint density at radius 3 is 2.39 bits per heavy atom. The molecule has 1 fully saturated rings. The lowest BCUT2D eigenvalue weighted by Crippen LogP contribution is -2.62. The van der Waals surface area contributed by atoms with Crippen molar-refractivity contribution in [2.45, 2.75) is 32.2 Å². The van der Waals surface area contributed by atoms with Crippen LogP contribution in [-0.2, 0) is 9.59 Å². The van der Waals surface area contributed by atoms with Crippen LogP contribution in [-0.4, -0.2) is 48.2 Å². The number of carbonyl (C=O) groups is 2. The number of hydrogen-bond acceptors (Lipinski definition) is 2. The van der Waals surface area contributed by atoms with Crippen molar-refractivity contribution in [1.82, 2.24) is 10.2 Å². The maximum absolute atomic E-state index is 12.9. The summed E-state index contributed by atoms with van der Waals surface area (Å²) < 4.78 is 49.9. The monoisotopic (exact) mass is 270 g/mol. The molecule has 8 heteroatoms. The van der Waals surface area contributed by atoms with E-state index in [0.29, 0.717) is 4.90 Å². The third-order valence-corrected chi connectivity index (χ3v) is 2.62. The predicted molar refractivity (Wildman–Crippen MR) is 54.3 cm³/mol. The topological polar surface area (TPSA) is 49.4 Å². The second kappa shape index (κ2) is 5.11. The van der Waals surface area contributed by atoms with E-state index in [9.17, 15) is 27.2 Å². The lowest BCUT2D eigenvalue weighted by Gasteiger charge is -2.35. The van der Waals surface area contributed by atoms with Gasteiger partial charge in [-0.1, -0.05) is 13.8 Å². The summed E-state index contributed by atoms with van der Waals surface area (Å²) in [7, 11) is 0. The van der Waals surface area contributed by atoms with Crippen LogP contribution in [0.5, 0.6) is 0 Å². The molecule has 1 heterocycles. The molecule has 0 radical (unpaired) electrons. The Balaban J connectivity index is 2.82. The van der Waals surface area contributed by atoms with Gasteiger partial charge in [0.1, 0.15) is 6.04 Å². The van der Waals surface area contributed by atoms with Crippen LogP contribution in [0.3, 0.4) is 0 Å². The first-order valence-electron chi connectivity index (χ1n) is 5.39. The molecule has 0 aliphatic carbocycles. The minimum absolute atomic E-state index is 0.301. The van der Waals surface area contributed by atoms with Gasteiger partial charge in [0.2, 0.25) is 11.8 Å². The molecule has 1 saturated heterocycles. The van der Waals surface area contributed by atoms with E-state index in [1.54, 1.807) is 13.8 Å². The lowest BCUT2D eigenvalue weighted by atomic mass is 10.0. The van der Waals surface area contributed by atoms with E-state index in [-0.39, 0.29) is 5.92 Å². The van der Waals surface area contributed by atoms with E-state index in [1.165, 1.54) is 0 Å². The first-order chi connectivity index (χ1) is 8.15. The number of amides is 2. The van der Waals surface area contributed by atoms with Crippen LogP contribution in [0.2, 0.25) is 0 Å². The van der Waals surface area contributed by atoms with Gasteiger partial charge in [-0.2, -0.15) is 8.78 Å². The van der Waals surface area contributed by atoms with Crippen molar-refractivity contribution in [3.63, 3.8) is 0 Å². The molecule has 1 aliphatic heterocycles. The van der Waals surface area contributed by atoms with Gasteiger partial charge in [0.25, 0.3) is 0 Å². The van der Waals surface area contributed by atoms with Crippen molar-refractivity contribution in [3.05, 3.63) is 0 Å². The van der Waals surface area contributed by atoms with Gasteiger partial charge in [0, 0.05) is 0 Å². The first-order valence-corrected chi connectivity index (χ1v) is 5.39. The van der Waals surface area contributed by atoms with Gasteiger partial charge in [-0.05, 0) is 5.92 Å². The molecular weight excluding hydrogens is 256 g/mol. The Labute approximate surface area is 101 Å². The number of hydrogen-bond donors (Lipinski definition) is 1. The van der Waals surface area contributed by atoms with Crippen molar-refractivity contribution in [3.8, 4) is 0 Å². The van der Waals surface area contributed by atoms with Crippen molar-refractivity contribution < 1.29 is 27.2 Å². The fourth-order valence-corrected chi connectivity index (χ4v) is 1.64. The van der Waals surface area contributed by atoms with Crippen molar-refractivity contribution in [2.24, 2.45) is 5.92 Å². The minimum atomic E-state index is -4.31. The molecule has 0 saturated carbocycles. The Morgan fingerprint density at radius 2 is 1.94 bits per heavy atom. The SMILES string of the molecule is CC(C)C1NC(=O)CN(CC(F)(F)C(F)F)C1=O. The summed E-state index contributed by atoms with van der Waals surface area (Å²) in [5.41, 5.74) is 0. The molecule has 104 valence electrons. The van der Waals surface area contributed by atoms with Gasteiger partial charge in [0.05, 0.1) is 13.1 Å². The number of rotatable bonds is 4. The van der Waals surface area contributed by atoms with Crippen LogP contribution in [0.4, 0.5) is 17.6 Å². The highest BCUT2D eigenvalue weighted by atomic mass is 19.3. The number of halogens is 4. The molecule has 0 aromatic carbocycles. The smallest absolute Gasteiger partial charge is 0.324 e. The summed E-state index contributed by atoms with van der Waals surface area (Å²) in [6.07, 6.45) is -3.87. The second-order valence-corrected chi connectivity index (χ2v) is 4.55. The fraction of sp³-hybridized carbons (Fsp3) is 0.800. The molecule has 1 rings (SSSR count). The van der Waals surface area contributed by atoms with E-state index in [4.69, 9.17) is 0 Å². The Kier molecular flexibility index (Phi) is 4.18. The zero-order valence-electron chi connectivity index (χ0n) is 9.92. The highest BCUT2D eigenvalue weighted by molar-refractivity contribution is 5.95. The Bertz CT molecular complexity index is 347. The number of nitrogens with zero attached hydrogens (tertiary/aromatic N) is 1. The van der Waals surface area contributed by atoms with Gasteiger partial charge in [-0.25, -0.2) is 8.78 Å². The molecule has 0 aromatic heterocycles. The fourth-order valence-electron chi connectivity index (χ4n) is 1.64. The van der Waals surface area contributed by atoms with Crippen LogP contribution < -0.4 is 5.32 Å². The molecule has 1 aliphatic rings. The zero-order chi connectivity index (χ0) is 14.1. The van der Waals surface area contributed by atoms with Crippen LogP contribution >= 0.6 is 0 Å². The highest BCUT2D eigenvalue weighted by Crippen LogP contribution is 2.25. The van der Waals surface area contributed by atoms with Crippen LogP contribution in [0.15, 0.2) is 0 Å². The first kappa shape index (κ1) is 14.7. The largest absolute Gasteiger partial charge is 0.343 e. The molecule has 1 unspecified atom stereocenters. The average molecular weight is 270 g/mol. The molecule has 0 aromatic rings. The lowest BCUT2D eigenvalue weighted by molar-refractivity contribution is -0.165. The third kappa shape index (κ3) is 3.11. The molecule has 0 spiro atoms. The highest BCUT2D eigenvalue weighted by Gasteiger charge is 2.46. The third-order valence-electron chi connectivity index (χ3n) is 2.62. The van der Waals surface area contributed by atoms with Gasteiger partial charge < -0.3 is 10.2 Å².